The maximum atomic E-state index is 6.10. The van der Waals surface area contributed by atoms with Gasteiger partial charge in [0.2, 0.25) is 0 Å². The Balaban J connectivity index is 1.87. The van der Waals surface area contributed by atoms with Crippen molar-refractivity contribution < 1.29 is 0 Å². The van der Waals surface area contributed by atoms with Crippen LogP contribution >= 0.6 is 0 Å². The average Bonchev–Trinajstić information content (AvgIpc) is 2.26. The van der Waals surface area contributed by atoms with E-state index in [1.54, 1.807) is 0 Å². The summed E-state index contributed by atoms with van der Waals surface area (Å²) in [6.45, 7) is 0.889. The normalized spacial score (nSPS) is 16.1. The first-order chi connectivity index (χ1) is 8.74. The molecule has 1 aromatic heterocycles. The van der Waals surface area contributed by atoms with E-state index >= 15 is 0 Å². The molecule has 0 bridgehead atoms. The lowest BCUT2D eigenvalue weighted by Gasteiger charge is -2.34. The summed E-state index contributed by atoms with van der Waals surface area (Å²) in [7, 11) is 2.18. The second-order valence-corrected chi connectivity index (χ2v) is 5.22. The number of anilines is 1. The van der Waals surface area contributed by atoms with Crippen molar-refractivity contribution in [3.63, 3.8) is 0 Å². The first-order valence-corrected chi connectivity index (χ1v) is 6.58. The molecule has 0 spiro atoms. The lowest BCUT2D eigenvalue weighted by Crippen LogP contribution is -2.36. The van der Waals surface area contributed by atoms with Crippen LogP contribution in [0.4, 0.5) is 5.69 Å². The largest absolute Gasteiger partial charge is 0.398 e. The van der Waals surface area contributed by atoms with Crippen LogP contribution in [0.15, 0.2) is 30.3 Å². The molecule has 0 unspecified atom stereocenters. The lowest BCUT2D eigenvalue weighted by molar-refractivity contribution is 0.151. The van der Waals surface area contributed by atoms with Gasteiger partial charge in [0.25, 0.3) is 0 Å². The summed E-state index contributed by atoms with van der Waals surface area (Å²) in [6, 6.07) is 10.8. The molecule has 1 saturated carbocycles. The van der Waals surface area contributed by atoms with Crippen LogP contribution in [0.5, 0.6) is 0 Å². The zero-order valence-electron chi connectivity index (χ0n) is 10.8. The molecule has 3 nitrogen and oxygen atoms in total. The van der Waals surface area contributed by atoms with Gasteiger partial charge in [0.15, 0.2) is 0 Å². The van der Waals surface area contributed by atoms with Crippen LogP contribution in [-0.4, -0.2) is 23.0 Å². The Morgan fingerprint density at radius 2 is 2.11 bits per heavy atom. The second-order valence-electron chi connectivity index (χ2n) is 5.22. The Morgan fingerprint density at radius 1 is 1.33 bits per heavy atom. The van der Waals surface area contributed by atoms with Crippen LogP contribution in [0.25, 0.3) is 10.9 Å². The minimum Gasteiger partial charge on any atom is -0.398 e. The fourth-order valence-corrected chi connectivity index (χ4v) is 2.55. The Morgan fingerprint density at radius 3 is 2.83 bits per heavy atom. The predicted molar refractivity (Wildman–Crippen MR) is 75.3 cm³/mol. The van der Waals surface area contributed by atoms with Crippen molar-refractivity contribution in [1.29, 1.82) is 0 Å². The zero-order valence-corrected chi connectivity index (χ0v) is 10.8. The molecule has 1 aliphatic carbocycles. The van der Waals surface area contributed by atoms with Crippen LogP contribution in [0.3, 0.4) is 0 Å². The molecule has 1 fully saturated rings. The number of nitrogen functional groups attached to an aromatic ring is 1. The summed E-state index contributed by atoms with van der Waals surface area (Å²) in [6.07, 6.45) is 4.00. The highest BCUT2D eigenvalue weighted by Crippen LogP contribution is 2.26. The van der Waals surface area contributed by atoms with Gasteiger partial charge >= 0.3 is 0 Å². The molecule has 94 valence electrons. The van der Waals surface area contributed by atoms with Gasteiger partial charge in [0, 0.05) is 23.7 Å². The molecule has 18 heavy (non-hydrogen) atoms. The molecule has 1 aliphatic rings. The Bertz CT molecular complexity index is 561. The smallest absolute Gasteiger partial charge is 0.0726 e. The van der Waals surface area contributed by atoms with Crippen molar-refractivity contribution in [3.05, 3.63) is 36.0 Å². The van der Waals surface area contributed by atoms with Crippen molar-refractivity contribution in [2.24, 2.45) is 0 Å². The quantitative estimate of drug-likeness (QED) is 0.898. The molecular weight excluding hydrogens is 222 g/mol. The van der Waals surface area contributed by atoms with Crippen molar-refractivity contribution in [2.45, 2.75) is 31.8 Å². The first-order valence-electron chi connectivity index (χ1n) is 6.58. The fourth-order valence-electron chi connectivity index (χ4n) is 2.55. The lowest BCUT2D eigenvalue weighted by atomic mass is 9.92. The van der Waals surface area contributed by atoms with Crippen molar-refractivity contribution in [2.75, 3.05) is 12.8 Å². The monoisotopic (exact) mass is 241 g/mol. The van der Waals surface area contributed by atoms with Crippen LogP contribution < -0.4 is 5.73 Å². The van der Waals surface area contributed by atoms with Crippen LogP contribution in [0.1, 0.15) is 25.0 Å². The summed E-state index contributed by atoms with van der Waals surface area (Å²) in [5, 5.41) is 1.05. The van der Waals surface area contributed by atoms with E-state index in [9.17, 15) is 0 Å². The molecule has 0 saturated heterocycles. The van der Waals surface area contributed by atoms with Gasteiger partial charge < -0.3 is 5.73 Å². The molecule has 0 aliphatic heterocycles. The summed E-state index contributed by atoms with van der Waals surface area (Å²) in [4.78, 5) is 7.08. The second kappa shape index (κ2) is 4.58. The number of nitrogens with zero attached hydrogens (tertiary/aromatic N) is 2. The van der Waals surface area contributed by atoms with E-state index in [1.165, 1.54) is 19.3 Å². The van der Waals surface area contributed by atoms with Crippen molar-refractivity contribution in [3.8, 4) is 0 Å². The molecule has 2 aromatic rings. The Labute approximate surface area is 108 Å². The number of pyridine rings is 1. The van der Waals surface area contributed by atoms with E-state index in [2.05, 4.69) is 11.9 Å². The number of aromatic nitrogens is 1. The minimum absolute atomic E-state index is 0.736. The molecule has 3 heteroatoms. The van der Waals surface area contributed by atoms with Gasteiger partial charge in [-0.25, -0.2) is 0 Å². The molecule has 0 atom stereocenters. The van der Waals surface area contributed by atoms with Gasteiger partial charge in [-0.2, -0.15) is 0 Å². The molecule has 0 radical (unpaired) electrons. The molecule has 1 aromatic carbocycles. The van der Waals surface area contributed by atoms with Crippen LogP contribution in [0, 0.1) is 0 Å². The summed E-state index contributed by atoms with van der Waals surface area (Å²) < 4.78 is 0. The zero-order chi connectivity index (χ0) is 12.5. The number of hydrogen-bond donors (Lipinski definition) is 1. The van der Waals surface area contributed by atoms with Gasteiger partial charge in [-0.3, -0.25) is 9.88 Å². The SMILES string of the molecule is CN(Cc1cc(N)c2ccccc2n1)C1CCC1. The maximum absolute atomic E-state index is 6.10. The average molecular weight is 241 g/mol. The van der Waals surface area contributed by atoms with Gasteiger partial charge in [0.1, 0.15) is 0 Å². The van der Waals surface area contributed by atoms with Crippen molar-refractivity contribution in [1.82, 2.24) is 9.88 Å². The van der Waals surface area contributed by atoms with E-state index in [4.69, 9.17) is 10.7 Å². The van der Waals surface area contributed by atoms with E-state index < -0.39 is 0 Å². The molecule has 1 heterocycles. The number of nitrogens with two attached hydrogens (primary N) is 1. The molecule has 0 amide bonds. The highest BCUT2D eigenvalue weighted by Gasteiger charge is 2.22. The predicted octanol–water partition coefficient (Wildman–Crippen LogP) is 2.80. The van der Waals surface area contributed by atoms with E-state index in [1.807, 2.05) is 30.3 Å². The topological polar surface area (TPSA) is 42.1 Å². The van der Waals surface area contributed by atoms with Crippen LogP contribution in [0.2, 0.25) is 0 Å². The maximum Gasteiger partial charge on any atom is 0.0726 e. The summed E-state index contributed by atoms with van der Waals surface area (Å²) >= 11 is 0. The third kappa shape index (κ3) is 2.06. The van der Waals surface area contributed by atoms with Gasteiger partial charge in [0.05, 0.1) is 11.2 Å². The summed E-state index contributed by atoms with van der Waals surface area (Å²) in [5.41, 5.74) is 8.99. The minimum atomic E-state index is 0.736. The van der Waals surface area contributed by atoms with E-state index in [0.29, 0.717) is 0 Å². The van der Waals surface area contributed by atoms with Crippen molar-refractivity contribution >= 4 is 16.6 Å². The highest BCUT2D eigenvalue weighted by atomic mass is 15.1. The fraction of sp³-hybridized carbons (Fsp3) is 0.400. The molecule has 2 N–H and O–H groups in total. The number of fused-ring (bicyclic) bond motifs is 1. The van der Waals surface area contributed by atoms with E-state index in [0.717, 1.165) is 34.9 Å². The van der Waals surface area contributed by atoms with Gasteiger partial charge in [-0.05, 0) is 32.0 Å². The molecular formula is C15H19N3. The number of para-hydroxylation sites is 1. The van der Waals surface area contributed by atoms with Gasteiger partial charge in [-0.15, -0.1) is 0 Å². The Kier molecular flexibility index (Phi) is 2.92. The number of hydrogen-bond acceptors (Lipinski definition) is 3. The number of rotatable bonds is 3. The highest BCUT2D eigenvalue weighted by molar-refractivity contribution is 5.90. The third-order valence-corrected chi connectivity index (χ3v) is 3.91. The number of benzene rings is 1. The third-order valence-electron chi connectivity index (χ3n) is 3.91. The standard InChI is InChI=1S/C15H19N3/c1-18(12-5-4-6-12)10-11-9-14(16)13-7-2-3-8-15(13)17-11/h2-3,7-9,12H,4-6,10H2,1H3,(H2,16,17). The summed E-state index contributed by atoms with van der Waals surface area (Å²) in [5.74, 6) is 0. The van der Waals surface area contributed by atoms with Gasteiger partial charge in [-0.1, -0.05) is 24.6 Å². The molecule has 3 rings (SSSR count). The first kappa shape index (κ1) is 11.5. The Hall–Kier alpha value is -1.61. The van der Waals surface area contributed by atoms with Crippen LogP contribution in [-0.2, 0) is 6.54 Å². The van der Waals surface area contributed by atoms with E-state index in [-0.39, 0.29) is 0 Å².